The largest absolute Gasteiger partial charge is 0.369 e. The molecule has 0 aromatic carbocycles. The van der Waals surface area contributed by atoms with E-state index in [0.717, 1.165) is 30.3 Å². The highest BCUT2D eigenvalue weighted by molar-refractivity contribution is 6.07. The molecule has 2 aromatic heterocycles. The summed E-state index contributed by atoms with van der Waals surface area (Å²) in [5.41, 5.74) is 4.52. The lowest BCUT2D eigenvalue weighted by Gasteiger charge is -2.34. The smallest absolute Gasteiger partial charge is 0.238 e. The highest BCUT2D eigenvalue weighted by Gasteiger charge is 2.57. The first-order valence-electron chi connectivity index (χ1n) is 9.37. The third-order valence-corrected chi connectivity index (χ3v) is 5.94. The zero-order valence-electron chi connectivity index (χ0n) is 15.8. The quantitative estimate of drug-likeness (QED) is 0.762. The van der Waals surface area contributed by atoms with Crippen LogP contribution >= 0.6 is 0 Å². The van der Waals surface area contributed by atoms with Crippen LogP contribution in [-0.2, 0) is 23.2 Å². The molecule has 4 rings (SSSR count). The number of primary amides is 1. The van der Waals surface area contributed by atoms with Gasteiger partial charge in [-0.05, 0) is 32.6 Å². The summed E-state index contributed by atoms with van der Waals surface area (Å²) in [4.78, 5) is 30.5. The van der Waals surface area contributed by atoms with Gasteiger partial charge in [-0.25, -0.2) is 4.98 Å². The summed E-state index contributed by atoms with van der Waals surface area (Å²) in [6.45, 7) is 3.79. The fraction of sp³-hybridized carbons (Fsp3) is 0.611. The van der Waals surface area contributed by atoms with Gasteiger partial charge in [0.1, 0.15) is 17.1 Å². The van der Waals surface area contributed by atoms with Gasteiger partial charge in [0.25, 0.3) is 0 Å². The van der Waals surface area contributed by atoms with Crippen LogP contribution in [0.15, 0.2) is 12.4 Å². The molecule has 1 saturated carbocycles. The van der Waals surface area contributed by atoms with E-state index in [4.69, 9.17) is 5.73 Å². The summed E-state index contributed by atoms with van der Waals surface area (Å²) in [5.74, 6) is 2.16. The Morgan fingerprint density at radius 2 is 2.11 bits per heavy atom. The number of carbonyl (C=O) groups excluding carboxylic acids is 2. The van der Waals surface area contributed by atoms with Gasteiger partial charge < -0.3 is 19.8 Å². The van der Waals surface area contributed by atoms with Crippen molar-refractivity contribution in [1.82, 2.24) is 29.2 Å². The predicted octanol–water partition coefficient (Wildman–Crippen LogP) is 0.340. The molecule has 1 unspecified atom stereocenters. The van der Waals surface area contributed by atoms with Gasteiger partial charge in [-0.1, -0.05) is 0 Å². The molecule has 1 aliphatic heterocycles. The second kappa shape index (κ2) is 6.47. The topological polar surface area (TPSA) is 112 Å². The zero-order valence-corrected chi connectivity index (χ0v) is 15.8. The number of hydrogen-bond donors (Lipinski definition) is 1. The van der Waals surface area contributed by atoms with Crippen LogP contribution in [0.3, 0.4) is 0 Å². The molecule has 1 saturated heterocycles. The first kappa shape index (κ1) is 17.7. The van der Waals surface area contributed by atoms with Crippen molar-refractivity contribution in [1.29, 1.82) is 0 Å². The fourth-order valence-corrected chi connectivity index (χ4v) is 3.96. The fourth-order valence-electron chi connectivity index (χ4n) is 3.96. The van der Waals surface area contributed by atoms with E-state index in [1.54, 1.807) is 11.1 Å². The Morgan fingerprint density at radius 1 is 1.33 bits per heavy atom. The number of nitrogens with two attached hydrogens (primary N) is 1. The molecule has 1 aliphatic carbocycles. The molecule has 2 aliphatic rings. The van der Waals surface area contributed by atoms with Crippen LogP contribution < -0.4 is 5.73 Å². The van der Waals surface area contributed by atoms with Crippen molar-refractivity contribution >= 4 is 11.8 Å². The van der Waals surface area contributed by atoms with Crippen molar-refractivity contribution < 1.29 is 9.59 Å². The second-order valence-electron chi connectivity index (χ2n) is 7.67. The van der Waals surface area contributed by atoms with Crippen molar-refractivity contribution in [2.24, 2.45) is 18.2 Å². The van der Waals surface area contributed by atoms with Crippen LogP contribution in [0.25, 0.3) is 0 Å². The number of amides is 2. The molecule has 3 heterocycles. The normalized spacial score (nSPS) is 21.3. The highest BCUT2D eigenvalue weighted by atomic mass is 16.2. The molecule has 2 aromatic rings. The Hall–Kier alpha value is -2.71. The number of imidazole rings is 1. The third-order valence-electron chi connectivity index (χ3n) is 5.94. The minimum atomic E-state index is -0.952. The summed E-state index contributed by atoms with van der Waals surface area (Å²) in [7, 11) is 1.96. The second-order valence-corrected chi connectivity index (χ2v) is 7.67. The Morgan fingerprint density at radius 3 is 2.74 bits per heavy atom. The molecule has 2 N–H and O–H groups in total. The maximum absolute atomic E-state index is 12.8. The van der Waals surface area contributed by atoms with Gasteiger partial charge in [0, 0.05) is 38.4 Å². The number of rotatable bonds is 5. The van der Waals surface area contributed by atoms with E-state index in [1.165, 1.54) is 0 Å². The molecule has 144 valence electrons. The Labute approximate surface area is 157 Å². The molecule has 2 fully saturated rings. The van der Waals surface area contributed by atoms with Gasteiger partial charge in [0.2, 0.25) is 11.8 Å². The van der Waals surface area contributed by atoms with Gasteiger partial charge in [0.05, 0.1) is 6.54 Å². The van der Waals surface area contributed by atoms with Gasteiger partial charge in [0.15, 0.2) is 5.82 Å². The van der Waals surface area contributed by atoms with E-state index < -0.39 is 11.3 Å². The van der Waals surface area contributed by atoms with E-state index in [2.05, 4.69) is 15.2 Å². The number of carbonyl (C=O) groups is 2. The van der Waals surface area contributed by atoms with Gasteiger partial charge in [-0.2, -0.15) is 0 Å². The molecule has 1 atom stereocenters. The average molecular weight is 371 g/mol. The molecule has 0 bridgehead atoms. The van der Waals surface area contributed by atoms with E-state index in [9.17, 15) is 9.59 Å². The Balaban J connectivity index is 1.50. The summed E-state index contributed by atoms with van der Waals surface area (Å²) in [6.07, 6.45) is 6.66. The SMILES string of the molecule is Cc1nccn1Cc1nnc(C2CCCN(C(=O)C3(C(N)=O)CC3)C2)n1C. The molecule has 9 heteroatoms. The van der Waals surface area contributed by atoms with Crippen molar-refractivity contribution in [3.05, 3.63) is 29.9 Å². The first-order valence-corrected chi connectivity index (χ1v) is 9.37. The maximum atomic E-state index is 12.8. The van der Waals surface area contributed by atoms with E-state index >= 15 is 0 Å². The lowest BCUT2D eigenvalue weighted by molar-refractivity contribution is -0.144. The van der Waals surface area contributed by atoms with Crippen molar-refractivity contribution in [3.8, 4) is 0 Å². The molecular formula is C18H25N7O2. The number of aryl methyl sites for hydroxylation is 1. The summed E-state index contributed by atoms with van der Waals surface area (Å²) in [6, 6.07) is 0. The molecule has 0 radical (unpaired) electrons. The Bertz CT molecular complexity index is 880. The monoisotopic (exact) mass is 371 g/mol. The number of aromatic nitrogens is 5. The summed E-state index contributed by atoms with van der Waals surface area (Å²) in [5, 5.41) is 8.76. The van der Waals surface area contributed by atoms with Crippen LogP contribution in [0.4, 0.5) is 0 Å². The average Bonchev–Trinajstić information content (AvgIpc) is 3.27. The van der Waals surface area contributed by atoms with E-state index in [1.807, 2.05) is 29.3 Å². The number of nitrogens with zero attached hydrogens (tertiary/aromatic N) is 6. The van der Waals surface area contributed by atoms with Gasteiger partial charge in [-0.15, -0.1) is 10.2 Å². The van der Waals surface area contributed by atoms with Gasteiger partial charge >= 0.3 is 0 Å². The van der Waals surface area contributed by atoms with Gasteiger partial charge in [-0.3, -0.25) is 9.59 Å². The van der Waals surface area contributed by atoms with E-state index in [0.29, 0.717) is 32.5 Å². The van der Waals surface area contributed by atoms with Crippen LogP contribution in [0, 0.1) is 12.3 Å². The minimum Gasteiger partial charge on any atom is -0.369 e. The molecule has 27 heavy (non-hydrogen) atoms. The van der Waals surface area contributed by atoms with E-state index in [-0.39, 0.29) is 11.8 Å². The molecule has 9 nitrogen and oxygen atoms in total. The van der Waals surface area contributed by atoms with Crippen molar-refractivity contribution in [2.75, 3.05) is 13.1 Å². The Kier molecular flexibility index (Phi) is 4.24. The predicted molar refractivity (Wildman–Crippen MR) is 96.5 cm³/mol. The molecule has 2 amide bonds. The summed E-state index contributed by atoms with van der Waals surface area (Å²) < 4.78 is 4.03. The first-order chi connectivity index (χ1) is 12.9. The summed E-state index contributed by atoms with van der Waals surface area (Å²) >= 11 is 0. The van der Waals surface area contributed by atoms with Crippen LogP contribution in [-0.4, -0.2) is 54.1 Å². The van der Waals surface area contributed by atoms with Crippen molar-refractivity contribution in [3.63, 3.8) is 0 Å². The van der Waals surface area contributed by atoms with Crippen LogP contribution in [0.1, 0.15) is 49.1 Å². The van der Waals surface area contributed by atoms with Crippen LogP contribution in [0.5, 0.6) is 0 Å². The minimum absolute atomic E-state index is 0.113. The number of piperidine rings is 1. The molecule has 0 spiro atoms. The van der Waals surface area contributed by atoms with Crippen LogP contribution in [0.2, 0.25) is 0 Å². The lowest BCUT2D eigenvalue weighted by atomic mass is 9.94. The standard InChI is InChI=1S/C18H25N7O2/c1-12-20-7-9-24(12)11-14-21-22-15(23(14)2)13-4-3-8-25(10-13)17(27)18(5-6-18)16(19)26/h7,9,13H,3-6,8,10-11H2,1-2H3,(H2,19,26). The zero-order chi connectivity index (χ0) is 19.2. The highest BCUT2D eigenvalue weighted by Crippen LogP contribution is 2.47. The number of hydrogen-bond acceptors (Lipinski definition) is 5. The lowest BCUT2D eigenvalue weighted by Crippen LogP contribution is -2.47. The third kappa shape index (κ3) is 3.00. The number of likely N-dealkylation sites (tertiary alicyclic amines) is 1. The van der Waals surface area contributed by atoms with Crippen molar-refractivity contribution in [2.45, 2.75) is 45.1 Å². The molecular weight excluding hydrogens is 346 g/mol. The maximum Gasteiger partial charge on any atom is 0.238 e.